The highest BCUT2D eigenvalue weighted by molar-refractivity contribution is 5.89. The summed E-state index contributed by atoms with van der Waals surface area (Å²) >= 11 is 0. The van der Waals surface area contributed by atoms with Crippen molar-refractivity contribution >= 4 is 12.0 Å². The van der Waals surface area contributed by atoms with Crippen molar-refractivity contribution in [1.82, 2.24) is 0 Å². The number of hydrogen-bond donors (Lipinski definition) is 1. The molecule has 0 heterocycles. The van der Waals surface area contributed by atoms with Gasteiger partial charge < -0.3 is 14.6 Å². The molecule has 2 aromatic rings. The van der Waals surface area contributed by atoms with Crippen molar-refractivity contribution in [3.05, 3.63) is 65.2 Å². The number of carbonyl (C=O) groups is 1. The Morgan fingerprint density at radius 3 is 2.67 bits per heavy atom. The van der Waals surface area contributed by atoms with E-state index < -0.39 is 18.3 Å². The van der Waals surface area contributed by atoms with Gasteiger partial charge in [0, 0.05) is 6.42 Å². The number of benzene rings is 2. The predicted molar refractivity (Wildman–Crippen MR) is 98.4 cm³/mol. The first kappa shape index (κ1) is 20.0. The van der Waals surface area contributed by atoms with E-state index in [0.29, 0.717) is 17.1 Å². The number of methoxy groups -OCH3 is 1. The van der Waals surface area contributed by atoms with Crippen LogP contribution in [0.1, 0.15) is 21.5 Å². The number of rotatable bonds is 8. The zero-order valence-corrected chi connectivity index (χ0v) is 14.6. The van der Waals surface area contributed by atoms with Gasteiger partial charge in [0.1, 0.15) is 6.61 Å². The Kier molecular flexibility index (Phi) is 6.56. The molecule has 0 aliphatic heterocycles. The third kappa shape index (κ3) is 5.58. The van der Waals surface area contributed by atoms with Crippen molar-refractivity contribution in [3.8, 4) is 23.8 Å². The Morgan fingerprint density at radius 1 is 1.26 bits per heavy atom. The molecule has 6 heteroatoms. The summed E-state index contributed by atoms with van der Waals surface area (Å²) in [6.07, 6.45) is 6.41. The Bertz CT molecular complexity index is 882. The van der Waals surface area contributed by atoms with Crippen LogP contribution in [-0.4, -0.2) is 30.7 Å². The lowest BCUT2D eigenvalue weighted by Gasteiger charge is -2.14. The molecule has 0 fully saturated rings. The largest absolute Gasteiger partial charge is 0.493 e. The van der Waals surface area contributed by atoms with Crippen LogP contribution in [0.2, 0.25) is 0 Å². The van der Waals surface area contributed by atoms with E-state index >= 15 is 0 Å². The minimum Gasteiger partial charge on any atom is -0.493 e. The van der Waals surface area contributed by atoms with Crippen LogP contribution in [0.25, 0.3) is 6.08 Å². The smallest absolute Gasteiger partial charge is 0.335 e. The van der Waals surface area contributed by atoms with Crippen LogP contribution in [0.5, 0.6) is 11.5 Å². The van der Waals surface area contributed by atoms with Gasteiger partial charge in [-0.1, -0.05) is 36.3 Å². The van der Waals surface area contributed by atoms with Gasteiger partial charge >= 0.3 is 5.97 Å². The summed E-state index contributed by atoms with van der Waals surface area (Å²) in [4.78, 5) is 11.2. The maximum absolute atomic E-state index is 14.3. The fraction of sp³-hybridized carbons (Fsp3) is 0.190. The maximum atomic E-state index is 14.3. The molecule has 2 aromatic carbocycles. The molecule has 0 saturated carbocycles. The molecular weight excluding hydrogens is 354 g/mol. The number of allylic oxidation sites excluding steroid dienone is 1. The van der Waals surface area contributed by atoms with Crippen molar-refractivity contribution in [1.29, 1.82) is 0 Å². The molecule has 0 spiro atoms. The molecule has 0 amide bonds. The monoisotopic (exact) mass is 372 g/mol. The van der Waals surface area contributed by atoms with E-state index in [9.17, 15) is 13.6 Å². The van der Waals surface area contributed by atoms with E-state index in [1.54, 1.807) is 12.1 Å². The molecule has 27 heavy (non-hydrogen) atoms. The lowest BCUT2D eigenvalue weighted by atomic mass is 10.0. The summed E-state index contributed by atoms with van der Waals surface area (Å²) in [7, 11) is 1.46. The van der Waals surface area contributed by atoms with Crippen LogP contribution < -0.4 is 9.47 Å². The number of carboxylic acids is 1. The van der Waals surface area contributed by atoms with E-state index in [0.717, 1.165) is 6.08 Å². The van der Waals surface area contributed by atoms with Crippen LogP contribution in [0, 0.1) is 12.3 Å². The number of alkyl halides is 2. The topological polar surface area (TPSA) is 55.8 Å². The van der Waals surface area contributed by atoms with Crippen LogP contribution in [0.15, 0.2) is 48.5 Å². The molecule has 0 saturated heterocycles. The van der Waals surface area contributed by atoms with Gasteiger partial charge in [0.25, 0.3) is 5.92 Å². The Labute approximate surface area is 156 Å². The second-order valence-electron chi connectivity index (χ2n) is 5.64. The van der Waals surface area contributed by atoms with Gasteiger partial charge in [0.05, 0.1) is 12.7 Å². The molecule has 0 aliphatic rings. The molecular formula is C21H18F2O4. The van der Waals surface area contributed by atoms with E-state index in [-0.39, 0.29) is 17.7 Å². The molecule has 4 nitrogen and oxygen atoms in total. The van der Waals surface area contributed by atoms with Gasteiger partial charge in [-0.3, -0.25) is 0 Å². The average molecular weight is 372 g/mol. The second kappa shape index (κ2) is 8.86. The average Bonchev–Trinajstić information content (AvgIpc) is 2.64. The summed E-state index contributed by atoms with van der Waals surface area (Å²) in [6.45, 7) is 0.0195. The van der Waals surface area contributed by atoms with Crippen LogP contribution in [0.4, 0.5) is 8.78 Å². The summed E-state index contributed by atoms with van der Waals surface area (Å²) in [5.41, 5.74) is 0.390. The summed E-state index contributed by atoms with van der Waals surface area (Å²) in [6, 6.07) is 10.4. The van der Waals surface area contributed by atoms with Crippen LogP contribution in [-0.2, 0) is 6.42 Å². The lowest BCUT2D eigenvalue weighted by molar-refractivity contribution is 0.0557. The lowest BCUT2D eigenvalue weighted by Crippen LogP contribution is -2.18. The number of terminal acetylenes is 1. The highest BCUT2D eigenvalue weighted by Gasteiger charge is 2.27. The molecule has 0 aromatic heterocycles. The minimum atomic E-state index is -3.23. The SMILES string of the molecule is C#CCOc1cc(C=CC(F)(F)Cc2ccccc2C(=O)O)ccc1OC. The summed E-state index contributed by atoms with van der Waals surface area (Å²) in [5.74, 6) is -1.37. The number of carboxylic acid groups (broad SMARTS) is 1. The first-order valence-electron chi connectivity index (χ1n) is 7.99. The van der Waals surface area contributed by atoms with Gasteiger partial charge in [0.15, 0.2) is 11.5 Å². The molecule has 0 unspecified atom stereocenters. The highest BCUT2D eigenvalue weighted by atomic mass is 19.3. The molecule has 140 valence electrons. The molecule has 0 aliphatic carbocycles. The van der Waals surface area contributed by atoms with Gasteiger partial charge in [0.2, 0.25) is 0 Å². The van der Waals surface area contributed by atoms with E-state index in [1.165, 1.54) is 43.5 Å². The summed E-state index contributed by atoms with van der Waals surface area (Å²) in [5, 5.41) is 9.12. The fourth-order valence-electron chi connectivity index (χ4n) is 2.44. The number of ether oxygens (including phenoxy) is 2. The first-order chi connectivity index (χ1) is 12.9. The van der Waals surface area contributed by atoms with Crippen molar-refractivity contribution in [2.45, 2.75) is 12.3 Å². The quantitative estimate of drug-likeness (QED) is 0.702. The Hall–Kier alpha value is -3.33. The van der Waals surface area contributed by atoms with Crippen molar-refractivity contribution in [3.63, 3.8) is 0 Å². The van der Waals surface area contributed by atoms with Crippen LogP contribution >= 0.6 is 0 Å². The van der Waals surface area contributed by atoms with Crippen molar-refractivity contribution in [2.75, 3.05) is 13.7 Å². The second-order valence-corrected chi connectivity index (χ2v) is 5.64. The van der Waals surface area contributed by atoms with Crippen molar-refractivity contribution < 1.29 is 28.2 Å². The number of hydrogen-bond acceptors (Lipinski definition) is 3. The first-order valence-corrected chi connectivity index (χ1v) is 7.99. The maximum Gasteiger partial charge on any atom is 0.335 e. The third-order valence-electron chi connectivity index (χ3n) is 3.69. The molecule has 1 N–H and O–H groups in total. The fourth-order valence-corrected chi connectivity index (χ4v) is 2.44. The normalized spacial score (nSPS) is 11.2. The van der Waals surface area contributed by atoms with Crippen LogP contribution in [0.3, 0.4) is 0 Å². The Morgan fingerprint density at radius 2 is 2.00 bits per heavy atom. The van der Waals surface area contributed by atoms with E-state index in [4.69, 9.17) is 21.0 Å². The minimum absolute atomic E-state index is 0.0195. The van der Waals surface area contributed by atoms with E-state index in [1.807, 2.05) is 0 Å². The third-order valence-corrected chi connectivity index (χ3v) is 3.69. The zero-order valence-electron chi connectivity index (χ0n) is 14.6. The summed E-state index contributed by atoms with van der Waals surface area (Å²) < 4.78 is 39.1. The molecule has 0 radical (unpaired) electrons. The van der Waals surface area contributed by atoms with Gasteiger partial charge in [-0.2, -0.15) is 0 Å². The van der Waals surface area contributed by atoms with Gasteiger partial charge in [-0.25, -0.2) is 13.6 Å². The van der Waals surface area contributed by atoms with Gasteiger partial charge in [-0.05, 0) is 35.4 Å². The van der Waals surface area contributed by atoms with Gasteiger partial charge in [-0.15, -0.1) is 6.42 Å². The number of halogens is 2. The molecule has 0 atom stereocenters. The highest BCUT2D eigenvalue weighted by Crippen LogP contribution is 2.30. The zero-order chi connectivity index (χ0) is 19.9. The van der Waals surface area contributed by atoms with Crippen molar-refractivity contribution in [2.24, 2.45) is 0 Å². The number of aromatic carboxylic acids is 1. The standard InChI is InChI=1S/C21H18F2O4/c1-3-12-27-19-13-15(8-9-18(19)26-2)10-11-21(22,23)14-16-6-4-5-7-17(16)20(24)25/h1,4-11,13H,12,14H2,2H3,(H,24,25). The van der Waals surface area contributed by atoms with E-state index in [2.05, 4.69) is 5.92 Å². The molecule has 2 rings (SSSR count). The Balaban J connectivity index is 2.21. The molecule has 0 bridgehead atoms. The predicted octanol–water partition coefficient (Wildman–Crippen LogP) is 4.30.